The van der Waals surface area contributed by atoms with Crippen LogP contribution >= 0.6 is 0 Å². The van der Waals surface area contributed by atoms with Gasteiger partial charge in [0.25, 0.3) is 0 Å². The van der Waals surface area contributed by atoms with E-state index in [1.807, 2.05) is 10.6 Å². The van der Waals surface area contributed by atoms with Crippen LogP contribution < -0.4 is 4.72 Å². The Morgan fingerprint density at radius 3 is 2.76 bits per heavy atom. The fourth-order valence-corrected chi connectivity index (χ4v) is 5.23. The largest absolute Gasteiger partial charge is 0.481 e. The Balaban J connectivity index is 1.62. The van der Waals surface area contributed by atoms with E-state index in [-0.39, 0.29) is 17.4 Å². The summed E-state index contributed by atoms with van der Waals surface area (Å²) in [5, 5.41) is 10.0. The van der Waals surface area contributed by atoms with Crippen molar-refractivity contribution in [3.8, 4) is 0 Å². The van der Waals surface area contributed by atoms with Crippen molar-refractivity contribution in [3.05, 3.63) is 59.8 Å². The topological polar surface area (TPSA) is 101 Å². The molecule has 1 aliphatic carbocycles. The number of hydrogen-bond acceptors (Lipinski definition) is 4. The van der Waals surface area contributed by atoms with Crippen LogP contribution in [0.3, 0.4) is 0 Å². The van der Waals surface area contributed by atoms with Crippen molar-refractivity contribution in [1.82, 2.24) is 14.3 Å². The average molecular weight is 417 g/mol. The number of aromatic nitrogens is 2. The molecule has 29 heavy (non-hydrogen) atoms. The Morgan fingerprint density at radius 1 is 1.28 bits per heavy atom. The van der Waals surface area contributed by atoms with Crippen LogP contribution in [-0.2, 0) is 34.2 Å². The number of aryl methyl sites for hydroxylation is 1. The summed E-state index contributed by atoms with van der Waals surface area (Å²) in [7, 11) is -3.76. The van der Waals surface area contributed by atoms with Crippen molar-refractivity contribution in [1.29, 1.82) is 0 Å². The van der Waals surface area contributed by atoms with E-state index in [2.05, 4.69) is 9.71 Å². The molecule has 7 nitrogen and oxygen atoms in total. The van der Waals surface area contributed by atoms with Gasteiger partial charge in [0.1, 0.15) is 5.82 Å². The average Bonchev–Trinajstić information content (AvgIpc) is 2.99. The van der Waals surface area contributed by atoms with Crippen LogP contribution in [0, 0.1) is 5.82 Å². The summed E-state index contributed by atoms with van der Waals surface area (Å²) in [5.74, 6) is -1.36. The first-order chi connectivity index (χ1) is 13.8. The molecule has 0 aliphatic heterocycles. The minimum Gasteiger partial charge on any atom is -0.481 e. The van der Waals surface area contributed by atoms with Crippen LogP contribution in [0.2, 0.25) is 0 Å². The molecule has 0 saturated heterocycles. The van der Waals surface area contributed by atoms with Crippen molar-refractivity contribution in [2.75, 3.05) is 0 Å². The van der Waals surface area contributed by atoms with E-state index < -0.39 is 21.8 Å². The second-order valence-electron chi connectivity index (χ2n) is 7.13. The van der Waals surface area contributed by atoms with Crippen LogP contribution in [-0.4, -0.2) is 35.1 Å². The van der Waals surface area contributed by atoms with Gasteiger partial charge in [-0.05, 0) is 55.2 Å². The second-order valence-corrected chi connectivity index (χ2v) is 8.84. The van der Waals surface area contributed by atoms with E-state index in [1.165, 1.54) is 12.1 Å². The Hall–Kier alpha value is -2.78. The summed E-state index contributed by atoms with van der Waals surface area (Å²) in [6.07, 6.45) is 5.11. The number of aliphatic carboxylic acids is 1. The molecule has 1 atom stereocenters. The molecule has 0 radical (unpaired) electrons. The standard InChI is InChI=1S/C20H20FN3O4S/c21-13-1-4-15(5-2-13)29(27,28)23-14-3-6-18-17(11-14)16-7-9-22-12-19(16)24(18)10-8-20(25)26/h1-2,4-5,7,9,12,14,23H,3,6,8,10-11H2,(H,25,26). The molecule has 2 aromatic heterocycles. The highest BCUT2D eigenvalue weighted by Crippen LogP contribution is 2.32. The lowest BCUT2D eigenvalue weighted by atomic mass is 9.92. The van der Waals surface area contributed by atoms with E-state index >= 15 is 0 Å². The molecule has 2 N–H and O–H groups in total. The van der Waals surface area contributed by atoms with E-state index in [0.29, 0.717) is 25.8 Å². The summed E-state index contributed by atoms with van der Waals surface area (Å²) in [5.41, 5.74) is 2.91. The van der Waals surface area contributed by atoms with Gasteiger partial charge in [0, 0.05) is 29.9 Å². The molecule has 0 spiro atoms. The van der Waals surface area contributed by atoms with Gasteiger partial charge in [-0.15, -0.1) is 0 Å². The molecular weight excluding hydrogens is 397 g/mol. The molecule has 0 amide bonds. The Kier molecular flexibility index (Phi) is 5.10. The number of carbonyl (C=O) groups is 1. The van der Waals surface area contributed by atoms with Crippen molar-refractivity contribution >= 4 is 26.9 Å². The molecular formula is C20H20FN3O4S. The quantitative estimate of drug-likeness (QED) is 0.642. The summed E-state index contributed by atoms with van der Waals surface area (Å²) in [6.45, 7) is 0.346. The molecule has 0 saturated carbocycles. The lowest BCUT2D eigenvalue weighted by molar-refractivity contribution is -0.137. The number of sulfonamides is 1. The molecule has 9 heteroatoms. The van der Waals surface area contributed by atoms with Crippen LogP contribution in [0.4, 0.5) is 4.39 Å². The fourth-order valence-electron chi connectivity index (χ4n) is 3.96. The lowest BCUT2D eigenvalue weighted by Crippen LogP contribution is -2.39. The zero-order chi connectivity index (χ0) is 20.6. The number of halogens is 1. The van der Waals surface area contributed by atoms with Gasteiger partial charge in [0.15, 0.2) is 0 Å². The molecule has 1 unspecified atom stereocenters. The molecule has 3 aromatic rings. The summed E-state index contributed by atoms with van der Waals surface area (Å²) in [6, 6.07) is 6.31. The Labute approximate surface area is 167 Å². The fraction of sp³-hybridized carbons (Fsp3) is 0.300. The Bertz CT molecular complexity index is 1170. The number of hydrogen-bond donors (Lipinski definition) is 2. The Morgan fingerprint density at radius 2 is 2.03 bits per heavy atom. The van der Waals surface area contributed by atoms with Gasteiger partial charge in [0.05, 0.1) is 23.0 Å². The SMILES string of the molecule is O=C(O)CCn1c2c(c3ccncc31)CC(NS(=O)(=O)c1ccc(F)cc1)CC2. The minimum absolute atomic E-state index is 0.00569. The van der Waals surface area contributed by atoms with Crippen molar-refractivity contribution in [3.63, 3.8) is 0 Å². The van der Waals surface area contributed by atoms with Crippen LogP contribution in [0.1, 0.15) is 24.1 Å². The van der Waals surface area contributed by atoms with Crippen LogP contribution in [0.5, 0.6) is 0 Å². The highest BCUT2D eigenvalue weighted by atomic mass is 32.2. The van der Waals surface area contributed by atoms with E-state index in [9.17, 15) is 17.6 Å². The number of carboxylic acids is 1. The van der Waals surface area contributed by atoms with E-state index in [0.717, 1.165) is 34.3 Å². The zero-order valence-electron chi connectivity index (χ0n) is 15.5. The summed E-state index contributed by atoms with van der Waals surface area (Å²) >= 11 is 0. The van der Waals surface area contributed by atoms with E-state index in [1.54, 1.807) is 12.4 Å². The van der Waals surface area contributed by atoms with Gasteiger partial charge >= 0.3 is 5.97 Å². The first kappa shape index (κ1) is 19.5. The van der Waals surface area contributed by atoms with Gasteiger partial charge in [-0.2, -0.15) is 0 Å². The van der Waals surface area contributed by atoms with Gasteiger partial charge in [-0.3, -0.25) is 9.78 Å². The first-order valence-electron chi connectivity index (χ1n) is 9.29. The molecule has 0 bridgehead atoms. The maximum atomic E-state index is 13.1. The monoisotopic (exact) mass is 417 g/mol. The molecule has 2 heterocycles. The molecule has 1 aromatic carbocycles. The second kappa shape index (κ2) is 7.57. The third-order valence-electron chi connectivity index (χ3n) is 5.27. The molecule has 0 fully saturated rings. The maximum absolute atomic E-state index is 13.1. The molecule has 1 aliphatic rings. The normalized spacial score (nSPS) is 16.7. The van der Waals surface area contributed by atoms with Crippen LogP contribution in [0.25, 0.3) is 10.9 Å². The molecule has 152 valence electrons. The number of nitrogens with zero attached hydrogens (tertiary/aromatic N) is 2. The van der Waals surface area contributed by atoms with Gasteiger partial charge in [-0.1, -0.05) is 0 Å². The van der Waals surface area contributed by atoms with Gasteiger partial charge in [0.2, 0.25) is 10.0 Å². The smallest absolute Gasteiger partial charge is 0.305 e. The zero-order valence-corrected chi connectivity index (χ0v) is 16.3. The van der Waals surface area contributed by atoms with Gasteiger partial charge in [-0.25, -0.2) is 17.5 Å². The van der Waals surface area contributed by atoms with Crippen molar-refractivity contribution in [2.24, 2.45) is 0 Å². The number of fused-ring (bicyclic) bond motifs is 3. The van der Waals surface area contributed by atoms with Crippen LogP contribution in [0.15, 0.2) is 47.6 Å². The highest BCUT2D eigenvalue weighted by Gasteiger charge is 2.28. The lowest BCUT2D eigenvalue weighted by Gasteiger charge is -2.25. The first-order valence-corrected chi connectivity index (χ1v) is 10.8. The number of benzene rings is 1. The van der Waals surface area contributed by atoms with E-state index in [4.69, 9.17) is 5.11 Å². The number of rotatable bonds is 6. The minimum atomic E-state index is -3.76. The maximum Gasteiger partial charge on any atom is 0.305 e. The number of carboxylic acid groups (broad SMARTS) is 1. The number of nitrogens with one attached hydrogen (secondary N) is 1. The molecule has 4 rings (SSSR count). The third-order valence-corrected chi connectivity index (χ3v) is 6.80. The predicted octanol–water partition coefficient (Wildman–Crippen LogP) is 2.49. The number of pyridine rings is 1. The highest BCUT2D eigenvalue weighted by molar-refractivity contribution is 7.89. The van der Waals surface area contributed by atoms with Crippen molar-refractivity contribution in [2.45, 2.75) is 43.2 Å². The van der Waals surface area contributed by atoms with Crippen molar-refractivity contribution < 1.29 is 22.7 Å². The predicted molar refractivity (Wildman–Crippen MR) is 105 cm³/mol. The van der Waals surface area contributed by atoms with Gasteiger partial charge < -0.3 is 9.67 Å². The third kappa shape index (κ3) is 3.88. The summed E-state index contributed by atoms with van der Waals surface area (Å²) < 4.78 is 43.1. The summed E-state index contributed by atoms with van der Waals surface area (Å²) in [4.78, 5) is 15.2.